The van der Waals surface area contributed by atoms with Crippen LogP contribution in [0, 0.1) is 5.41 Å². The molecule has 0 aromatic carbocycles. The van der Waals surface area contributed by atoms with Gasteiger partial charge in [0.05, 0.1) is 18.2 Å². The molecule has 1 heterocycles. The van der Waals surface area contributed by atoms with Crippen LogP contribution in [0.4, 0.5) is 0 Å². The number of carbonyl (C=O) groups excluding carboxylic acids is 1. The lowest BCUT2D eigenvalue weighted by Gasteiger charge is -2.29. The predicted octanol–water partition coefficient (Wildman–Crippen LogP) is 2.89. The minimum absolute atomic E-state index is 0.0569. The lowest BCUT2D eigenvalue weighted by Crippen LogP contribution is -2.41. The molecule has 0 unspecified atom stereocenters. The van der Waals surface area contributed by atoms with E-state index in [2.05, 4.69) is 0 Å². The van der Waals surface area contributed by atoms with Crippen LogP contribution in [0.15, 0.2) is 22.8 Å². The smallest absolute Gasteiger partial charge is 0.229 e. The summed E-state index contributed by atoms with van der Waals surface area (Å²) in [4.78, 5) is 13.9. The maximum atomic E-state index is 12.2. The molecule has 1 rings (SSSR count). The van der Waals surface area contributed by atoms with Crippen LogP contribution in [0.3, 0.4) is 0 Å². The fourth-order valence-electron chi connectivity index (χ4n) is 1.40. The van der Waals surface area contributed by atoms with Crippen molar-refractivity contribution in [3.8, 4) is 0 Å². The Morgan fingerprint density at radius 3 is 2.69 bits per heavy atom. The highest BCUT2D eigenvalue weighted by Gasteiger charge is 2.30. The second-order valence-corrected chi connectivity index (χ2v) is 4.68. The van der Waals surface area contributed by atoms with Crippen LogP contribution < -0.4 is 0 Å². The van der Waals surface area contributed by atoms with Gasteiger partial charge in [-0.25, -0.2) is 0 Å². The van der Waals surface area contributed by atoms with E-state index in [0.29, 0.717) is 19.0 Å². The molecule has 0 bridgehead atoms. The highest BCUT2D eigenvalue weighted by Crippen LogP contribution is 2.21. The number of carbonyl (C=O) groups is 1. The first-order valence-electron chi connectivity index (χ1n) is 5.39. The molecule has 0 radical (unpaired) electrons. The summed E-state index contributed by atoms with van der Waals surface area (Å²) in [6.07, 6.45) is 1.61. The van der Waals surface area contributed by atoms with E-state index in [1.54, 1.807) is 11.2 Å². The highest BCUT2D eigenvalue weighted by molar-refractivity contribution is 6.19. The van der Waals surface area contributed by atoms with Crippen molar-refractivity contribution >= 4 is 17.5 Å². The minimum Gasteiger partial charge on any atom is -0.467 e. The van der Waals surface area contributed by atoms with Gasteiger partial charge in [-0.1, -0.05) is 0 Å². The SMILES string of the molecule is CCN(Cc1ccco1)C(=O)C(C)(C)CCl. The largest absolute Gasteiger partial charge is 0.467 e. The summed E-state index contributed by atoms with van der Waals surface area (Å²) in [5, 5.41) is 0. The van der Waals surface area contributed by atoms with Crippen molar-refractivity contribution in [2.45, 2.75) is 27.3 Å². The van der Waals surface area contributed by atoms with Crippen molar-refractivity contribution < 1.29 is 9.21 Å². The first-order chi connectivity index (χ1) is 7.51. The predicted molar refractivity (Wildman–Crippen MR) is 64.3 cm³/mol. The van der Waals surface area contributed by atoms with Gasteiger partial charge in [0, 0.05) is 12.4 Å². The second-order valence-electron chi connectivity index (χ2n) is 4.42. The molecule has 0 aliphatic rings. The molecular weight excluding hydrogens is 226 g/mol. The maximum Gasteiger partial charge on any atom is 0.229 e. The minimum atomic E-state index is -0.524. The van der Waals surface area contributed by atoms with E-state index < -0.39 is 5.41 Å². The molecule has 0 N–H and O–H groups in total. The van der Waals surface area contributed by atoms with Gasteiger partial charge in [-0.2, -0.15) is 0 Å². The van der Waals surface area contributed by atoms with Crippen molar-refractivity contribution in [2.75, 3.05) is 12.4 Å². The monoisotopic (exact) mass is 243 g/mol. The molecule has 4 heteroatoms. The van der Waals surface area contributed by atoms with Crippen molar-refractivity contribution in [2.24, 2.45) is 5.41 Å². The lowest BCUT2D eigenvalue weighted by molar-refractivity contribution is -0.139. The summed E-state index contributed by atoms with van der Waals surface area (Å²) in [5.74, 6) is 1.17. The number of nitrogens with zero attached hydrogens (tertiary/aromatic N) is 1. The van der Waals surface area contributed by atoms with Gasteiger partial charge in [-0.3, -0.25) is 4.79 Å². The first-order valence-corrected chi connectivity index (χ1v) is 5.92. The fraction of sp³-hybridized carbons (Fsp3) is 0.583. The second kappa shape index (κ2) is 5.39. The van der Waals surface area contributed by atoms with Crippen LogP contribution in [-0.4, -0.2) is 23.2 Å². The molecule has 1 aromatic rings. The number of rotatable bonds is 5. The molecule has 16 heavy (non-hydrogen) atoms. The summed E-state index contributed by atoms with van der Waals surface area (Å²) < 4.78 is 5.24. The number of alkyl halides is 1. The van der Waals surface area contributed by atoms with E-state index in [9.17, 15) is 4.79 Å². The first kappa shape index (κ1) is 13.1. The van der Waals surface area contributed by atoms with Crippen LogP contribution in [0.5, 0.6) is 0 Å². The summed E-state index contributed by atoms with van der Waals surface area (Å²) in [6, 6.07) is 3.68. The van der Waals surface area contributed by atoms with Crippen molar-refractivity contribution in [1.82, 2.24) is 4.90 Å². The summed E-state index contributed by atoms with van der Waals surface area (Å²) in [6.45, 7) is 6.81. The zero-order chi connectivity index (χ0) is 12.2. The Morgan fingerprint density at radius 1 is 1.56 bits per heavy atom. The third-order valence-electron chi connectivity index (χ3n) is 2.51. The summed E-state index contributed by atoms with van der Waals surface area (Å²) in [5.41, 5.74) is -0.524. The van der Waals surface area contributed by atoms with E-state index in [1.165, 1.54) is 0 Å². The highest BCUT2D eigenvalue weighted by atomic mass is 35.5. The molecule has 0 saturated heterocycles. The van der Waals surface area contributed by atoms with Crippen molar-refractivity contribution in [3.05, 3.63) is 24.2 Å². The summed E-state index contributed by atoms with van der Waals surface area (Å²) >= 11 is 5.80. The average molecular weight is 244 g/mol. The Balaban J connectivity index is 2.71. The van der Waals surface area contributed by atoms with E-state index in [1.807, 2.05) is 32.9 Å². The quantitative estimate of drug-likeness (QED) is 0.745. The molecule has 1 amide bonds. The Hall–Kier alpha value is -0.960. The third kappa shape index (κ3) is 3.01. The fourth-order valence-corrected chi connectivity index (χ4v) is 1.52. The summed E-state index contributed by atoms with van der Waals surface area (Å²) in [7, 11) is 0. The molecular formula is C12H18ClNO2. The Labute approximate surface area is 101 Å². The van der Waals surface area contributed by atoms with Crippen LogP contribution >= 0.6 is 11.6 Å². The number of furan rings is 1. The molecule has 0 spiro atoms. The number of halogens is 1. The van der Waals surface area contributed by atoms with Gasteiger partial charge in [0.2, 0.25) is 5.91 Å². The van der Waals surface area contributed by atoms with Gasteiger partial charge in [0.1, 0.15) is 5.76 Å². The Morgan fingerprint density at radius 2 is 2.25 bits per heavy atom. The third-order valence-corrected chi connectivity index (χ3v) is 3.18. The zero-order valence-corrected chi connectivity index (χ0v) is 10.8. The number of amides is 1. The van der Waals surface area contributed by atoms with Gasteiger partial charge < -0.3 is 9.32 Å². The maximum absolute atomic E-state index is 12.2. The van der Waals surface area contributed by atoms with E-state index in [-0.39, 0.29) is 5.91 Å². The standard InChI is InChI=1S/C12H18ClNO2/c1-4-14(8-10-6-5-7-16-10)11(15)12(2,3)9-13/h5-7H,4,8-9H2,1-3H3. The van der Waals surface area contributed by atoms with Crippen molar-refractivity contribution in [1.29, 1.82) is 0 Å². The van der Waals surface area contributed by atoms with Crippen LogP contribution in [0.1, 0.15) is 26.5 Å². The van der Waals surface area contributed by atoms with E-state index >= 15 is 0 Å². The van der Waals surface area contributed by atoms with E-state index in [0.717, 1.165) is 5.76 Å². The molecule has 1 aromatic heterocycles. The lowest BCUT2D eigenvalue weighted by atomic mass is 9.94. The molecule has 90 valence electrons. The van der Waals surface area contributed by atoms with Gasteiger partial charge in [-0.15, -0.1) is 11.6 Å². The normalized spacial score (nSPS) is 11.5. The van der Waals surface area contributed by atoms with Gasteiger partial charge >= 0.3 is 0 Å². The molecule has 0 aliphatic carbocycles. The Bertz CT molecular complexity index is 333. The molecule has 3 nitrogen and oxygen atoms in total. The molecule has 0 aliphatic heterocycles. The van der Waals surface area contributed by atoms with Crippen LogP contribution in [-0.2, 0) is 11.3 Å². The van der Waals surface area contributed by atoms with Crippen LogP contribution in [0.2, 0.25) is 0 Å². The number of hydrogen-bond donors (Lipinski definition) is 0. The van der Waals surface area contributed by atoms with Crippen LogP contribution in [0.25, 0.3) is 0 Å². The topological polar surface area (TPSA) is 33.5 Å². The number of hydrogen-bond acceptors (Lipinski definition) is 2. The van der Waals surface area contributed by atoms with Gasteiger partial charge in [0.15, 0.2) is 0 Å². The van der Waals surface area contributed by atoms with Gasteiger partial charge in [-0.05, 0) is 32.9 Å². The molecule has 0 fully saturated rings. The van der Waals surface area contributed by atoms with Crippen molar-refractivity contribution in [3.63, 3.8) is 0 Å². The zero-order valence-electron chi connectivity index (χ0n) is 10.00. The van der Waals surface area contributed by atoms with Gasteiger partial charge in [0.25, 0.3) is 0 Å². The molecule has 0 saturated carbocycles. The average Bonchev–Trinajstić information content (AvgIpc) is 2.77. The van der Waals surface area contributed by atoms with E-state index in [4.69, 9.17) is 16.0 Å². The Kier molecular flexibility index (Phi) is 4.42. The molecule has 0 atom stereocenters.